The number of nitrogens with zero attached hydrogens (tertiary/aromatic N) is 6. The van der Waals surface area contributed by atoms with E-state index in [1.165, 1.54) is 6.07 Å². The Hall–Kier alpha value is -3.20. The van der Waals surface area contributed by atoms with Gasteiger partial charge < -0.3 is 0 Å². The maximum absolute atomic E-state index is 13.5. The van der Waals surface area contributed by atoms with Gasteiger partial charge in [-0.15, -0.1) is 11.8 Å². The van der Waals surface area contributed by atoms with Gasteiger partial charge in [0.2, 0.25) is 11.9 Å². The molecule has 0 atom stereocenters. The summed E-state index contributed by atoms with van der Waals surface area (Å²) in [6.07, 6.45) is 0. The zero-order chi connectivity index (χ0) is 24.2. The summed E-state index contributed by atoms with van der Waals surface area (Å²) in [5, 5.41) is 6.06. The Morgan fingerprint density at radius 3 is 2.56 bits per heavy atom. The number of pyridine rings is 1. The summed E-state index contributed by atoms with van der Waals surface area (Å²) < 4.78 is 15.4. The SMILES string of the molecule is CC(C)Sc1c2c(nn1Cc1ccc(-c3cccc(F)n3)cc1)N1CC(C)(C)N=C1N(C)C2=O. The molecule has 9 heteroatoms. The van der Waals surface area contributed by atoms with Gasteiger partial charge in [-0.2, -0.15) is 9.49 Å². The molecule has 1 amide bonds. The van der Waals surface area contributed by atoms with Crippen LogP contribution in [0.15, 0.2) is 52.5 Å². The number of halogens is 1. The summed E-state index contributed by atoms with van der Waals surface area (Å²) >= 11 is 1.64. The van der Waals surface area contributed by atoms with Crippen LogP contribution in [0.5, 0.6) is 0 Å². The molecule has 4 heterocycles. The number of thioether (sulfide) groups is 1. The first-order valence-corrected chi connectivity index (χ1v) is 12.2. The van der Waals surface area contributed by atoms with E-state index in [-0.39, 0.29) is 16.7 Å². The lowest BCUT2D eigenvalue weighted by atomic mass is 10.1. The van der Waals surface area contributed by atoms with Crippen LogP contribution < -0.4 is 4.90 Å². The molecule has 7 nitrogen and oxygen atoms in total. The van der Waals surface area contributed by atoms with Crippen molar-refractivity contribution in [2.75, 3.05) is 18.5 Å². The lowest BCUT2D eigenvalue weighted by molar-refractivity contribution is 0.0862. The van der Waals surface area contributed by atoms with Gasteiger partial charge in [0.05, 0.1) is 24.3 Å². The second-order valence-electron chi connectivity index (χ2n) is 9.55. The Kier molecular flexibility index (Phi) is 5.47. The smallest absolute Gasteiger partial charge is 0.266 e. The van der Waals surface area contributed by atoms with Crippen LogP contribution in [-0.2, 0) is 6.54 Å². The highest BCUT2D eigenvalue weighted by molar-refractivity contribution is 7.99. The quantitative estimate of drug-likeness (QED) is 0.394. The Labute approximate surface area is 202 Å². The highest BCUT2D eigenvalue weighted by Crippen LogP contribution is 2.40. The second-order valence-corrected chi connectivity index (χ2v) is 11.1. The third kappa shape index (κ3) is 3.98. The van der Waals surface area contributed by atoms with Crippen LogP contribution >= 0.6 is 11.8 Å². The maximum Gasteiger partial charge on any atom is 0.266 e. The van der Waals surface area contributed by atoms with Crippen LogP contribution in [0.3, 0.4) is 0 Å². The fraction of sp³-hybridized carbons (Fsp3) is 0.360. The van der Waals surface area contributed by atoms with Crippen molar-refractivity contribution < 1.29 is 9.18 Å². The molecule has 1 aromatic carbocycles. The van der Waals surface area contributed by atoms with Gasteiger partial charge in [-0.05, 0) is 31.5 Å². The molecule has 0 bridgehead atoms. The van der Waals surface area contributed by atoms with E-state index < -0.39 is 5.95 Å². The summed E-state index contributed by atoms with van der Waals surface area (Å²) in [6.45, 7) is 9.53. The largest absolute Gasteiger partial charge is 0.292 e. The first-order valence-electron chi connectivity index (χ1n) is 11.3. The predicted octanol–water partition coefficient (Wildman–Crippen LogP) is 4.67. The van der Waals surface area contributed by atoms with Crippen molar-refractivity contribution in [2.45, 2.75) is 50.1 Å². The Bertz CT molecular complexity index is 1300. The van der Waals surface area contributed by atoms with E-state index in [0.29, 0.717) is 36.1 Å². The van der Waals surface area contributed by atoms with Crippen molar-refractivity contribution in [2.24, 2.45) is 4.99 Å². The average molecular weight is 479 g/mol. The van der Waals surface area contributed by atoms with Crippen molar-refractivity contribution in [3.05, 3.63) is 59.5 Å². The normalized spacial score (nSPS) is 16.7. The molecule has 3 aromatic rings. The molecule has 5 rings (SSSR count). The number of carbonyl (C=O) groups is 1. The summed E-state index contributed by atoms with van der Waals surface area (Å²) in [5.41, 5.74) is 2.81. The number of benzene rings is 1. The average Bonchev–Trinajstić information content (AvgIpc) is 3.29. The van der Waals surface area contributed by atoms with Crippen LogP contribution in [0.4, 0.5) is 10.2 Å². The van der Waals surface area contributed by atoms with Crippen molar-refractivity contribution in [3.63, 3.8) is 0 Å². The van der Waals surface area contributed by atoms with E-state index in [2.05, 4.69) is 37.6 Å². The highest BCUT2D eigenvalue weighted by atomic mass is 32.2. The predicted molar refractivity (Wildman–Crippen MR) is 133 cm³/mol. The molecule has 0 unspecified atom stereocenters. The van der Waals surface area contributed by atoms with Crippen molar-refractivity contribution in [1.82, 2.24) is 19.7 Å². The molecular formula is C25H27FN6OS. The Morgan fingerprint density at radius 2 is 1.88 bits per heavy atom. The van der Waals surface area contributed by atoms with Crippen LogP contribution in [0.25, 0.3) is 11.3 Å². The lowest BCUT2D eigenvalue weighted by Crippen LogP contribution is -2.48. The number of rotatable bonds is 5. The molecule has 0 fully saturated rings. The third-order valence-electron chi connectivity index (χ3n) is 5.80. The van der Waals surface area contributed by atoms with E-state index in [9.17, 15) is 9.18 Å². The number of hydrogen-bond donors (Lipinski definition) is 0. The van der Waals surface area contributed by atoms with E-state index in [4.69, 9.17) is 10.1 Å². The number of guanidine groups is 1. The van der Waals surface area contributed by atoms with E-state index in [1.807, 2.05) is 28.9 Å². The fourth-order valence-corrected chi connectivity index (χ4v) is 5.26. The number of fused-ring (bicyclic) bond motifs is 3. The first-order chi connectivity index (χ1) is 16.1. The van der Waals surface area contributed by atoms with Gasteiger partial charge in [0.25, 0.3) is 5.91 Å². The summed E-state index contributed by atoms with van der Waals surface area (Å²) in [7, 11) is 1.78. The second kappa shape index (κ2) is 8.23. The molecule has 0 saturated carbocycles. The number of anilines is 1. The Morgan fingerprint density at radius 1 is 1.15 bits per heavy atom. The van der Waals surface area contributed by atoms with Crippen LogP contribution in [0.2, 0.25) is 0 Å². The molecule has 0 aliphatic carbocycles. The number of carbonyl (C=O) groups excluding carboxylic acids is 1. The van der Waals surface area contributed by atoms with Gasteiger partial charge in [-0.1, -0.05) is 44.2 Å². The molecular weight excluding hydrogens is 451 g/mol. The molecule has 2 aliphatic rings. The van der Waals surface area contributed by atoms with Crippen LogP contribution in [-0.4, -0.2) is 55.9 Å². The minimum absolute atomic E-state index is 0.0790. The topological polar surface area (TPSA) is 66.6 Å². The number of hydrogen-bond acceptors (Lipinski definition) is 6. The van der Waals surface area contributed by atoms with Crippen LogP contribution in [0, 0.1) is 5.95 Å². The lowest BCUT2D eigenvalue weighted by Gasteiger charge is -2.30. The third-order valence-corrected chi connectivity index (χ3v) is 6.90. The van der Waals surface area contributed by atoms with E-state index in [1.54, 1.807) is 35.8 Å². The van der Waals surface area contributed by atoms with E-state index in [0.717, 1.165) is 16.2 Å². The number of amides is 1. The van der Waals surface area contributed by atoms with Crippen molar-refractivity contribution >= 4 is 29.4 Å². The zero-order valence-corrected chi connectivity index (χ0v) is 20.7. The van der Waals surface area contributed by atoms with E-state index >= 15 is 0 Å². The molecule has 0 radical (unpaired) electrons. The monoisotopic (exact) mass is 478 g/mol. The van der Waals surface area contributed by atoms with Gasteiger partial charge in [0.15, 0.2) is 5.82 Å². The zero-order valence-electron chi connectivity index (χ0n) is 19.9. The van der Waals surface area contributed by atoms with Gasteiger partial charge in [-0.25, -0.2) is 9.98 Å². The van der Waals surface area contributed by atoms with Crippen molar-refractivity contribution in [3.8, 4) is 11.3 Å². The molecule has 34 heavy (non-hydrogen) atoms. The molecule has 0 spiro atoms. The van der Waals surface area contributed by atoms with Crippen LogP contribution in [0.1, 0.15) is 43.6 Å². The summed E-state index contributed by atoms with van der Waals surface area (Å²) in [4.78, 5) is 25.8. The number of aromatic nitrogens is 3. The highest BCUT2D eigenvalue weighted by Gasteiger charge is 2.45. The standard InChI is InChI=1S/C25H27FN6OS/c1-15(2)34-23-20-21(31-14-25(3,4)28-24(31)30(5)22(20)33)29-32(23)13-16-9-11-17(12-10-16)18-7-6-8-19(26)27-18/h6-12,15H,13-14H2,1-5H3. The van der Waals surface area contributed by atoms with Gasteiger partial charge in [0.1, 0.15) is 10.6 Å². The molecule has 2 aliphatic heterocycles. The maximum atomic E-state index is 13.5. The minimum Gasteiger partial charge on any atom is -0.292 e. The molecule has 176 valence electrons. The van der Waals surface area contributed by atoms with Gasteiger partial charge in [0, 0.05) is 17.9 Å². The molecule has 0 N–H and O–H groups in total. The van der Waals surface area contributed by atoms with Crippen molar-refractivity contribution in [1.29, 1.82) is 0 Å². The molecule has 2 aromatic heterocycles. The summed E-state index contributed by atoms with van der Waals surface area (Å²) in [6, 6.07) is 12.6. The first kappa shape index (κ1) is 22.6. The van der Waals surface area contributed by atoms with Gasteiger partial charge >= 0.3 is 0 Å². The number of aliphatic imine (C=N–C) groups is 1. The molecule has 0 saturated heterocycles. The minimum atomic E-state index is -0.498. The van der Waals surface area contributed by atoms with Gasteiger partial charge in [-0.3, -0.25) is 19.3 Å². The fourth-order valence-electron chi connectivity index (χ4n) is 4.29. The summed E-state index contributed by atoms with van der Waals surface area (Å²) in [5.74, 6) is 0.752. The Balaban J connectivity index is 1.52.